The molecule has 0 saturated carbocycles. The summed E-state index contributed by atoms with van der Waals surface area (Å²) in [5, 5.41) is 4.02. The number of sulfonamides is 1. The van der Waals surface area contributed by atoms with Gasteiger partial charge in [-0.2, -0.15) is 0 Å². The molecule has 11 heteroatoms. The topological polar surface area (TPSA) is 86.8 Å². The Balaban J connectivity index is 2.07. The van der Waals surface area contributed by atoms with Gasteiger partial charge in [-0.15, -0.1) is 0 Å². The number of carbonyl (C=O) groups excluding carboxylic acids is 2. The van der Waals surface area contributed by atoms with Crippen molar-refractivity contribution in [2.24, 2.45) is 0 Å². The van der Waals surface area contributed by atoms with Crippen molar-refractivity contribution in [1.29, 1.82) is 0 Å². The average molecular weight is 611 g/mol. The third kappa shape index (κ3) is 7.88. The third-order valence-corrected chi connectivity index (χ3v) is 8.52. The van der Waals surface area contributed by atoms with Crippen LogP contribution in [0.15, 0.2) is 77.7 Å². The molecule has 0 saturated heterocycles. The normalized spacial score (nSPS) is 12.2. The average Bonchev–Trinajstić information content (AvgIpc) is 2.89. The Labute approximate surface area is 244 Å². The summed E-state index contributed by atoms with van der Waals surface area (Å²) in [5.74, 6) is -0.934. The van der Waals surface area contributed by atoms with E-state index in [2.05, 4.69) is 5.32 Å². The number of hydrogen-bond donors (Lipinski definition) is 1. The van der Waals surface area contributed by atoms with Gasteiger partial charge in [0, 0.05) is 27.7 Å². The maximum absolute atomic E-state index is 14.0. The van der Waals surface area contributed by atoms with Crippen molar-refractivity contribution >= 4 is 62.3 Å². The molecule has 1 N–H and O–H groups in total. The fraction of sp³-hybridized carbons (Fsp3) is 0.286. The summed E-state index contributed by atoms with van der Waals surface area (Å²) in [6.45, 7) is 4.84. The van der Waals surface area contributed by atoms with E-state index in [1.54, 1.807) is 55.5 Å². The van der Waals surface area contributed by atoms with E-state index < -0.39 is 28.5 Å². The van der Waals surface area contributed by atoms with E-state index >= 15 is 0 Å². The van der Waals surface area contributed by atoms with Gasteiger partial charge in [0.15, 0.2) is 0 Å². The number of rotatable bonds is 11. The number of anilines is 1. The highest BCUT2D eigenvalue weighted by molar-refractivity contribution is 7.92. The van der Waals surface area contributed by atoms with Crippen molar-refractivity contribution in [3.05, 3.63) is 93.4 Å². The molecule has 7 nitrogen and oxygen atoms in total. The van der Waals surface area contributed by atoms with Crippen LogP contribution in [-0.2, 0) is 26.2 Å². The van der Waals surface area contributed by atoms with E-state index in [0.29, 0.717) is 27.1 Å². The van der Waals surface area contributed by atoms with Gasteiger partial charge in [-0.3, -0.25) is 13.9 Å². The summed E-state index contributed by atoms with van der Waals surface area (Å²) in [4.78, 5) is 28.5. The minimum absolute atomic E-state index is 0.0182. The second kappa shape index (κ2) is 13.5. The molecule has 0 bridgehead atoms. The summed E-state index contributed by atoms with van der Waals surface area (Å²) in [7, 11) is -4.16. The number of hydrogen-bond acceptors (Lipinski definition) is 4. The van der Waals surface area contributed by atoms with E-state index in [9.17, 15) is 18.0 Å². The van der Waals surface area contributed by atoms with Crippen LogP contribution in [0.5, 0.6) is 0 Å². The monoisotopic (exact) mass is 609 g/mol. The number of carbonyl (C=O) groups is 2. The van der Waals surface area contributed by atoms with Gasteiger partial charge in [0.2, 0.25) is 11.8 Å². The summed E-state index contributed by atoms with van der Waals surface area (Å²) in [6.07, 6.45) is 0.294. The SMILES string of the molecule is CC[C@@H](C(=O)NC(C)C)N(Cc1ccc(Cl)cc1Cl)C(=O)CN(c1ccc(Cl)cc1)S(=O)(=O)c1ccccc1. The number of amides is 2. The Kier molecular flexibility index (Phi) is 10.7. The molecule has 0 fully saturated rings. The van der Waals surface area contributed by atoms with Crippen molar-refractivity contribution in [1.82, 2.24) is 10.2 Å². The van der Waals surface area contributed by atoms with Gasteiger partial charge in [-0.05, 0) is 74.4 Å². The smallest absolute Gasteiger partial charge is 0.264 e. The Bertz CT molecular complexity index is 1400. The molecule has 3 aromatic carbocycles. The van der Waals surface area contributed by atoms with E-state index in [0.717, 1.165) is 4.31 Å². The molecular weight excluding hydrogens is 581 g/mol. The van der Waals surface area contributed by atoms with Crippen LogP contribution in [0.25, 0.3) is 0 Å². The molecule has 0 unspecified atom stereocenters. The summed E-state index contributed by atoms with van der Waals surface area (Å²) >= 11 is 18.5. The van der Waals surface area contributed by atoms with E-state index in [4.69, 9.17) is 34.8 Å². The minimum atomic E-state index is -4.16. The van der Waals surface area contributed by atoms with Gasteiger partial charge in [0.1, 0.15) is 12.6 Å². The maximum Gasteiger partial charge on any atom is 0.264 e. The lowest BCUT2D eigenvalue weighted by molar-refractivity contribution is -0.140. The second-order valence-corrected chi connectivity index (χ2v) is 12.3. The molecule has 0 aliphatic heterocycles. The number of halogens is 3. The van der Waals surface area contributed by atoms with Gasteiger partial charge in [0.25, 0.3) is 10.0 Å². The lowest BCUT2D eigenvalue weighted by atomic mass is 10.1. The molecule has 0 heterocycles. The molecule has 3 aromatic rings. The standard InChI is InChI=1S/C28H30Cl3N3O4S/c1-4-26(28(36)32-19(2)3)33(17-20-10-11-22(30)16-25(20)31)27(35)18-34(23-14-12-21(29)13-15-23)39(37,38)24-8-6-5-7-9-24/h5-16,19,26H,4,17-18H2,1-3H3,(H,32,36)/t26-/m0/s1. The molecule has 0 aliphatic rings. The molecule has 0 radical (unpaired) electrons. The van der Waals surface area contributed by atoms with Crippen LogP contribution in [0.4, 0.5) is 5.69 Å². The lowest BCUT2D eigenvalue weighted by Crippen LogP contribution is -2.53. The molecular formula is C28H30Cl3N3O4S. The van der Waals surface area contributed by atoms with Crippen LogP contribution in [0.3, 0.4) is 0 Å². The Morgan fingerprint density at radius 1 is 0.897 bits per heavy atom. The van der Waals surface area contributed by atoms with Gasteiger partial charge < -0.3 is 10.2 Å². The molecule has 39 heavy (non-hydrogen) atoms. The lowest BCUT2D eigenvalue weighted by Gasteiger charge is -2.33. The Morgan fingerprint density at radius 2 is 1.51 bits per heavy atom. The highest BCUT2D eigenvalue weighted by Gasteiger charge is 2.34. The fourth-order valence-electron chi connectivity index (χ4n) is 3.99. The first-order valence-corrected chi connectivity index (χ1v) is 14.9. The van der Waals surface area contributed by atoms with Crippen molar-refractivity contribution in [2.75, 3.05) is 10.8 Å². The first-order chi connectivity index (χ1) is 18.4. The first-order valence-electron chi connectivity index (χ1n) is 12.3. The van der Waals surface area contributed by atoms with Crippen molar-refractivity contribution in [2.45, 2.75) is 50.7 Å². The molecule has 3 rings (SSSR count). The third-order valence-electron chi connectivity index (χ3n) is 5.90. The van der Waals surface area contributed by atoms with Crippen LogP contribution in [0.2, 0.25) is 15.1 Å². The van der Waals surface area contributed by atoms with Gasteiger partial charge >= 0.3 is 0 Å². The van der Waals surface area contributed by atoms with Gasteiger partial charge in [-0.1, -0.05) is 66.0 Å². The molecule has 1 atom stereocenters. The molecule has 0 aliphatic carbocycles. The largest absolute Gasteiger partial charge is 0.352 e. The zero-order valence-corrected chi connectivity index (χ0v) is 24.9. The predicted molar refractivity (Wildman–Crippen MR) is 157 cm³/mol. The first kappa shape index (κ1) is 30.8. The number of nitrogens with zero attached hydrogens (tertiary/aromatic N) is 2. The molecule has 2 amide bonds. The van der Waals surface area contributed by atoms with Crippen LogP contribution in [-0.4, -0.2) is 43.8 Å². The van der Waals surface area contributed by atoms with Gasteiger partial charge in [-0.25, -0.2) is 8.42 Å². The van der Waals surface area contributed by atoms with Crippen LogP contribution >= 0.6 is 34.8 Å². The summed E-state index contributed by atoms with van der Waals surface area (Å²) < 4.78 is 28.5. The Hall–Kier alpha value is -2.78. The maximum atomic E-state index is 14.0. The number of nitrogens with one attached hydrogen (secondary N) is 1. The molecule has 208 valence electrons. The highest BCUT2D eigenvalue weighted by atomic mass is 35.5. The quantitative estimate of drug-likeness (QED) is 0.281. The van der Waals surface area contributed by atoms with Crippen LogP contribution in [0, 0.1) is 0 Å². The van der Waals surface area contributed by atoms with E-state index in [1.807, 2.05) is 13.8 Å². The highest BCUT2D eigenvalue weighted by Crippen LogP contribution is 2.27. The number of benzene rings is 3. The van der Waals surface area contributed by atoms with E-state index in [-0.39, 0.29) is 29.1 Å². The second-order valence-electron chi connectivity index (χ2n) is 9.15. The Morgan fingerprint density at radius 3 is 2.08 bits per heavy atom. The van der Waals surface area contributed by atoms with Crippen LogP contribution < -0.4 is 9.62 Å². The zero-order chi connectivity index (χ0) is 28.7. The zero-order valence-electron chi connectivity index (χ0n) is 21.8. The predicted octanol–water partition coefficient (Wildman–Crippen LogP) is 6.17. The van der Waals surface area contributed by atoms with Crippen LogP contribution in [0.1, 0.15) is 32.8 Å². The van der Waals surface area contributed by atoms with E-state index in [1.165, 1.54) is 29.2 Å². The fourth-order valence-corrected chi connectivity index (χ4v) is 6.02. The summed E-state index contributed by atoms with van der Waals surface area (Å²) in [6, 6.07) is 17.8. The summed E-state index contributed by atoms with van der Waals surface area (Å²) in [5.41, 5.74) is 0.815. The van der Waals surface area contributed by atoms with Crippen molar-refractivity contribution in [3.63, 3.8) is 0 Å². The molecule has 0 aromatic heterocycles. The van der Waals surface area contributed by atoms with Crippen molar-refractivity contribution in [3.8, 4) is 0 Å². The molecule has 0 spiro atoms. The minimum Gasteiger partial charge on any atom is -0.352 e. The van der Waals surface area contributed by atoms with Crippen molar-refractivity contribution < 1.29 is 18.0 Å². The van der Waals surface area contributed by atoms with Gasteiger partial charge in [0.05, 0.1) is 10.6 Å².